The summed E-state index contributed by atoms with van der Waals surface area (Å²) in [4.78, 5) is 7.10. The molecule has 0 spiro atoms. The fourth-order valence-corrected chi connectivity index (χ4v) is 3.11. The van der Waals surface area contributed by atoms with Crippen molar-refractivity contribution in [2.24, 2.45) is 0 Å². The van der Waals surface area contributed by atoms with Crippen molar-refractivity contribution in [1.82, 2.24) is 10.3 Å². The Balaban J connectivity index is 1.90. The molecule has 116 valence electrons. The molecule has 4 rings (SSSR count). The van der Waals surface area contributed by atoms with Gasteiger partial charge in [0.25, 0.3) is 0 Å². The van der Waals surface area contributed by atoms with Gasteiger partial charge in [0.2, 0.25) is 0 Å². The summed E-state index contributed by atoms with van der Waals surface area (Å²) in [5, 5.41) is 4.41. The third kappa shape index (κ3) is 2.78. The minimum Gasteiger partial charge on any atom is -0.354 e. The van der Waals surface area contributed by atoms with Crippen molar-refractivity contribution in [3.63, 3.8) is 0 Å². The summed E-state index contributed by atoms with van der Waals surface area (Å²) in [6.45, 7) is 3.80. The van der Waals surface area contributed by atoms with Crippen LogP contribution in [0, 0.1) is 5.82 Å². The molecule has 1 N–H and O–H groups in total. The monoisotopic (exact) mass is 307 g/mol. The lowest BCUT2D eigenvalue weighted by molar-refractivity contribution is 0.585. The van der Waals surface area contributed by atoms with E-state index in [1.807, 2.05) is 30.3 Å². The second-order valence-corrected chi connectivity index (χ2v) is 5.79. The highest BCUT2D eigenvalue weighted by Crippen LogP contribution is 2.31. The van der Waals surface area contributed by atoms with E-state index in [-0.39, 0.29) is 5.82 Å². The summed E-state index contributed by atoms with van der Waals surface area (Å²) < 4.78 is 13.7. The molecule has 3 nitrogen and oxygen atoms in total. The van der Waals surface area contributed by atoms with Crippen LogP contribution in [0.4, 0.5) is 10.2 Å². The molecule has 0 bridgehead atoms. The number of nitrogens with one attached hydrogen (secondary N) is 1. The quantitative estimate of drug-likeness (QED) is 0.786. The van der Waals surface area contributed by atoms with Gasteiger partial charge in [0.1, 0.15) is 11.6 Å². The molecule has 0 amide bonds. The third-order valence-corrected chi connectivity index (χ3v) is 4.28. The Kier molecular flexibility index (Phi) is 3.67. The van der Waals surface area contributed by atoms with E-state index in [0.29, 0.717) is 0 Å². The van der Waals surface area contributed by atoms with E-state index in [4.69, 9.17) is 4.98 Å². The molecular formula is C19H18FN3. The van der Waals surface area contributed by atoms with Gasteiger partial charge < -0.3 is 10.2 Å². The fourth-order valence-electron chi connectivity index (χ4n) is 3.11. The van der Waals surface area contributed by atoms with Gasteiger partial charge in [-0.15, -0.1) is 0 Å². The van der Waals surface area contributed by atoms with Crippen LogP contribution in [0.15, 0.2) is 54.6 Å². The molecule has 0 unspecified atom stereocenters. The first-order chi connectivity index (χ1) is 11.3. The van der Waals surface area contributed by atoms with Crippen LogP contribution >= 0.6 is 0 Å². The van der Waals surface area contributed by atoms with Crippen LogP contribution in [0.3, 0.4) is 0 Å². The van der Waals surface area contributed by atoms with E-state index in [9.17, 15) is 4.39 Å². The van der Waals surface area contributed by atoms with Gasteiger partial charge in [-0.3, -0.25) is 0 Å². The summed E-state index contributed by atoms with van der Waals surface area (Å²) >= 11 is 0. The third-order valence-electron chi connectivity index (χ3n) is 4.28. The lowest BCUT2D eigenvalue weighted by atomic mass is 10.0. The molecule has 2 aromatic carbocycles. The molecule has 0 aliphatic carbocycles. The second kappa shape index (κ2) is 5.97. The van der Waals surface area contributed by atoms with E-state index < -0.39 is 0 Å². The minimum atomic E-state index is -0.216. The topological polar surface area (TPSA) is 28.2 Å². The average Bonchev–Trinajstić information content (AvgIpc) is 2.61. The number of rotatable bonds is 2. The van der Waals surface area contributed by atoms with Gasteiger partial charge in [-0.1, -0.05) is 30.3 Å². The van der Waals surface area contributed by atoms with Crippen LogP contribution in [-0.2, 0) is 0 Å². The molecule has 1 saturated heterocycles. The molecule has 4 heteroatoms. The Bertz CT molecular complexity index is 841. The van der Waals surface area contributed by atoms with Gasteiger partial charge in [0.05, 0.1) is 5.52 Å². The normalized spacial score (nSPS) is 15.1. The average molecular weight is 307 g/mol. The van der Waals surface area contributed by atoms with Crippen molar-refractivity contribution in [2.75, 3.05) is 31.1 Å². The van der Waals surface area contributed by atoms with Gasteiger partial charge in [0.15, 0.2) is 0 Å². The standard InChI is InChI=1S/C19H18FN3/c20-15-5-3-4-14(12-15)17-13-19(23-10-8-21-9-11-23)22-18-7-2-1-6-16(17)18/h1-7,12-13,21H,8-11H2. The number of aromatic nitrogens is 1. The van der Waals surface area contributed by atoms with Crippen molar-refractivity contribution >= 4 is 16.7 Å². The van der Waals surface area contributed by atoms with Gasteiger partial charge in [-0.05, 0) is 35.4 Å². The maximum Gasteiger partial charge on any atom is 0.129 e. The maximum absolute atomic E-state index is 13.7. The Labute approximate surface area is 134 Å². The Morgan fingerprint density at radius 2 is 1.78 bits per heavy atom. The smallest absolute Gasteiger partial charge is 0.129 e. The number of fused-ring (bicyclic) bond motifs is 1. The summed E-state index contributed by atoms with van der Waals surface area (Å²) in [6.07, 6.45) is 0. The molecule has 2 heterocycles. The first kappa shape index (κ1) is 14.2. The van der Waals surface area contributed by atoms with Gasteiger partial charge in [0, 0.05) is 31.6 Å². The molecule has 1 aliphatic rings. The molecule has 3 aromatic rings. The van der Waals surface area contributed by atoms with Crippen molar-refractivity contribution in [2.45, 2.75) is 0 Å². The van der Waals surface area contributed by atoms with E-state index in [1.165, 1.54) is 6.07 Å². The number of anilines is 1. The zero-order chi connectivity index (χ0) is 15.6. The van der Waals surface area contributed by atoms with Gasteiger partial charge >= 0.3 is 0 Å². The van der Waals surface area contributed by atoms with Crippen LogP contribution in [0.5, 0.6) is 0 Å². The first-order valence-corrected chi connectivity index (χ1v) is 7.93. The van der Waals surface area contributed by atoms with Crippen LogP contribution < -0.4 is 10.2 Å². The molecule has 1 fully saturated rings. The van der Waals surface area contributed by atoms with Crippen LogP contribution in [0.2, 0.25) is 0 Å². The van der Waals surface area contributed by atoms with Crippen LogP contribution in [0.25, 0.3) is 22.0 Å². The number of benzene rings is 2. The highest BCUT2D eigenvalue weighted by Gasteiger charge is 2.15. The van der Waals surface area contributed by atoms with Crippen LogP contribution in [-0.4, -0.2) is 31.2 Å². The number of halogens is 1. The molecule has 0 atom stereocenters. The lowest BCUT2D eigenvalue weighted by Gasteiger charge is -2.29. The fraction of sp³-hybridized carbons (Fsp3) is 0.211. The maximum atomic E-state index is 13.7. The number of hydrogen-bond acceptors (Lipinski definition) is 3. The predicted molar refractivity (Wildman–Crippen MR) is 92.2 cm³/mol. The largest absolute Gasteiger partial charge is 0.354 e. The highest BCUT2D eigenvalue weighted by molar-refractivity contribution is 5.96. The Hall–Kier alpha value is -2.46. The minimum absolute atomic E-state index is 0.216. The number of piperazine rings is 1. The van der Waals surface area contributed by atoms with E-state index in [0.717, 1.165) is 54.0 Å². The summed E-state index contributed by atoms with van der Waals surface area (Å²) in [7, 11) is 0. The first-order valence-electron chi connectivity index (χ1n) is 7.93. The van der Waals surface area contributed by atoms with E-state index in [1.54, 1.807) is 12.1 Å². The van der Waals surface area contributed by atoms with E-state index >= 15 is 0 Å². The lowest BCUT2D eigenvalue weighted by Crippen LogP contribution is -2.43. The molecule has 23 heavy (non-hydrogen) atoms. The van der Waals surface area contributed by atoms with Crippen molar-refractivity contribution in [3.05, 3.63) is 60.4 Å². The molecule has 0 radical (unpaired) electrons. The van der Waals surface area contributed by atoms with Gasteiger partial charge in [-0.25, -0.2) is 9.37 Å². The van der Waals surface area contributed by atoms with Crippen molar-refractivity contribution < 1.29 is 4.39 Å². The Morgan fingerprint density at radius 3 is 2.61 bits per heavy atom. The molecule has 0 saturated carbocycles. The van der Waals surface area contributed by atoms with E-state index in [2.05, 4.69) is 16.3 Å². The van der Waals surface area contributed by atoms with Crippen molar-refractivity contribution in [1.29, 1.82) is 0 Å². The zero-order valence-corrected chi connectivity index (χ0v) is 12.8. The Morgan fingerprint density at radius 1 is 0.957 bits per heavy atom. The molecular weight excluding hydrogens is 289 g/mol. The SMILES string of the molecule is Fc1cccc(-c2cc(N3CCNCC3)nc3ccccc23)c1. The number of para-hydroxylation sites is 1. The summed E-state index contributed by atoms with van der Waals surface area (Å²) in [5.41, 5.74) is 2.87. The van der Waals surface area contributed by atoms with Gasteiger partial charge in [-0.2, -0.15) is 0 Å². The summed E-state index contributed by atoms with van der Waals surface area (Å²) in [5.74, 6) is 0.747. The predicted octanol–water partition coefficient (Wildman–Crippen LogP) is 3.45. The highest BCUT2D eigenvalue weighted by atomic mass is 19.1. The second-order valence-electron chi connectivity index (χ2n) is 5.79. The molecule has 1 aliphatic heterocycles. The number of hydrogen-bond donors (Lipinski definition) is 1. The number of pyridine rings is 1. The summed E-state index contributed by atoms with van der Waals surface area (Å²) in [6, 6.07) is 16.9. The molecule has 1 aromatic heterocycles. The van der Waals surface area contributed by atoms with Crippen LogP contribution in [0.1, 0.15) is 0 Å². The number of nitrogens with zero attached hydrogens (tertiary/aromatic N) is 2. The van der Waals surface area contributed by atoms with Crippen molar-refractivity contribution in [3.8, 4) is 11.1 Å². The zero-order valence-electron chi connectivity index (χ0n) is 12.8.